The molecule has 0 aliphatic rings. The zero-order valence-corrected chi connectivity index (χ0v) is 12.8. The molecule has 0 aliphatic heterocycles. The van der Waals surface area contributed by atoms with Crippen molar-refractivity contribution >= 4 is 21.9 Å². The molecule has 0 saturated carbocycles. The van der Waals surface area contributed by atoms with Gasteiger partial charge in [0.1, 0.15) is 22.7 Å². The summed E-state index contributed by atoms with van der Waals surface area (Å²) in [6.07, 6.45) is 1.47. The van der Waals surface area contributed by atoms with E-state index in [2.05, 4.69) is 20.9 Å². The largest absolute Gasteiger partial charge is 0.492 e. The van der Waals surface area contributed by atoms with Gasteiger partial charge in [-0.25, -0.2) is 9.78 Å². The normalized spacial score (nSPS) is 10.4. The van der Waals surface area contributed by atoms with Crippen molar-refractivity contribution in [2.24, 2.45) is 0 Å². The molecule has 6 nitrogen and oxygen atoms in total. The summed E-state index contributed by atoms with van der Waals surface area (Å²) in [7, 11) is 0. The number of aromatic nitrogens is 2. The minimum atomic E-state index is -0.982. The van der Waals surface area contributed by atoms with E-state index in [-0.39, 0.29) is 17.7 Å². The summed E-state index contributed by atoms with van der Waals surface area (Å²) < 4.78 is 7.41. The van der Waals surface area contributed by atoms with Gasteiger partial charge in [-0.05, 0) is 47.1 Å². The van der Waals surface area contributed by atoms with Crippen LogP contribution in [0.25, 0.3) is 0 Å². The van der Waals surface area contributed by atoms with Crippen LogP contribution in [0.15, 0.2) is 39.7 Å². The molecule has 0 bridgehead atoms. The molecular formula is C14H13BrN2O4. The van der Waals surface area contributed by atoms with Crippen LogP contribution in [0.3, 0.4) is 0 Å². The molecule has 0 saturated heterocycles. The third kappa shape index (κ3) is 3.69. The quantitative estimate of drug-likeness (QED) is 0.890. The lowest BCUT2D eigenvalue weighted by atomic mass is 10.2. The molecule has 1 aromatic heterocycles. The summed E-state index contributed by atoms with van der Waals surface area (Å²) in [6.45, 7) is 2.39. The molecule has 1 aromatic carbocycles. The molecule has 0 fully saturated rings. The van der Waals surface area contributed by atoms with Crippen LogP contribution in [0.4, 0.5) is 0 Å². The van der Waals surface area contributed by atoms with Crippen LogP contribution in [0, 0.1) is 6.92 Å². The highest BCUT2D eigenvalue weighted by molar-refractivity contribution is 9.10. The lowest BCUT2D eigenvalue weighted by Crippen LogP contribution is -2.26. The van der Waals surface area contributed by atoms with Crippen LogP contribution in [-0.2, 0) is 6.54 Å². The van der Waals surface area contributed by atoms with Gasteiger partial charge in [0.2, 0.25) is 0 Å². The molecule has 110 valence electrons. The number of aryl methyl sites for hydroxylation is 1. The average molecular weight is 353 g/mol. The maximum atomic E-state index is 11.9. The number of hydrogen-bond donors (Lipinski definition) is 1. The van der Waals surface area contributed by atoms with Crippen LogP contribution in [0.1, 0.15) is 16.2 Å². The van der Waals surface area contributed by atoms with E-state index in [4.69, 9.17) is 9.84 Å². The fraction of sp³-hybridized carbons (Fsp3) is 0.214. The van der Waals surface area contributed by atoms with E-state index in [0.717, 1.165) is 0 Å². The Morgan fingerprint density at radius 2 is 2.05 bits per heavy atom. The first-order valence-corrected chi connectivity index (χ1v) is 6.96. The van der Waals surface area contributed by atoms with Gasteiger partial charge < -0.3 is 9.84 Å². The molecule has 1 heterocycles. The minimum absolute atomic E-state index is 0.160. The Morgan fingerprint density at radius 1 is 1.38 bits per heavy atom. The molecule has 0 spiro atoms. The monoisotopic (exact) mass is 352 g/mol. The number of hydrogen-bond acceptors (Lipinski definition) is 4. The van der Waals surface area contributed by atoms with Crippen LogP contribution in [0.5, 0.6) is 5.75 Å². The Balaban J connectivity index is 2.00. The van der Waals surface area contributed by atoms with Gasteiger partial charge in [-0.1, -0.05) is 0 Å². The van der Waals surface area contributed by atoms with Crippen molar-refractivity contribution in [3.8, 4) is 5.75 Å². The number of carbonyl (C=O) groups is 1. The van der Waals surface area contributed by atoms with Crippen molar-refractivity contribution < 1.29 is 14.6 Å². The summed E-state index contributed by atoms with van der Waals surface area (Å²) in [5.74, 6) is 0.172. The van der Waals surface area contributed by atoms with Crippen molar-refractivity contribution in [2.45, 2.75) is 13.5 Å². The predicted octanol–water partition coefficient (Wildman–Crippen LogP) is 2.09. The molecule has 0 unspecified atom stereocenters. The molecule has 0 radical (unpaired) electrons. The van der Waals surface area contributed by atoms with Crippen LogP contribution in [-0.4, -0.2) is 27.2 Å². The van der Waals surface area contributed by atoms with Gasteiger partial charge in [0.05, 0.1) is 12.1 Å². The van der Waals surface area contributed by atoms with Gasteiger partial charge >= 0.3 is 5.97 Å². The van der Waals surface area contributed by atoms with Gasteiger partial charge in [0.15, 0.2) is 0 Å². The summed E-state index contributed by atoms with van der Waals surface area (Å²) in [6, 6.07) is 6.10. The van der Waals surface area contributed by atoms with Crippen molar-refractivity contribution in [3.63, 3.8) is 0 Å². The van der Waals surface area contributed by atoms with E-state index in [9.17, 15) is 9.59 Å². The number of carboxylic acid groups (broad SMARTS) is 1. The highest BCUT2D eigenvalue weighted by atomic mass is 79.9. The Morgan fingerprint density at radius 3 is 2.67 bits per heavy atom. The Kier molecular flexibility index (Phi) is 4.74. The predicted molar refractivity (Wildman–Crippen MR) is 79.8 cm³/mol. The first-order valence-electron chi connectivity index (χ1n) is 6.17. The zero-order chi connectivity index (χ0) is 15.4. The van der Waals surface area contributed by atoms with Gasteiger partial charge in [-0.2, -0.15) is 0 Å². The molecule has 0 amide bonds. The SMILES string of the molecule is Cc1ncc(Br)c(=O)n1CCOc1ccc(C(=O)O)cc1. The maximum absolute atomic E-state index is 11.9. The Hall–Kier alpha value is -2.15. The fourth-order valence-electron chi connectivity index (χ4n) is 1.76. The van der Waals surface area contributed by atoms with Gasteiger partial charge in [0.25, 0.3) is 5.56 Å². The lowest BCUT2D eigenvalue weighted by Gasteiger charge is -2.10. The molecule has 0 aliphatic carbocycles. The minimum Gasteiger partial charge on any atom is -0.492 e. The van der Waals surface area contributed by atoms with Crippen molar-refractivity contribution in [3.05, 3.63) is 56.7 Å². The van der Waals surface area contributed by atoms with Crippen molar-refractivity contribution in [1.29, 1.82) is 0 Å². The summed E-state index contributed by atoms with van der Waals surface area (Å²) in [5.41, 5.74) is 0.0397. The van der Waals surface area contributed by atoms with E-state index in [1.807, 2.05) is 0 Å². The first-order chi connectivity index (χ1) is 9.99. The van der Waals surface area contributed by atoms with Gasteiger partial charge in [0, 0.05) is 6.20 Å². The summed E-state index contributed by atoms with van der Waals surface area (Å²) in [5, 5.41) is 8.80. The number of ether oxygens (including phenoxy) is 1. The second kappa shape index (κ2) is 6.53. The average Bonchev–Trinajstić information content (AvgIpc) is 2.47. The number of carboxylic acids is 1. The van der Waals surface area contributed by atoms with Crippen LogP contribution >= 0.6 is 15.9 Å². The van der Waals surface area contributed by atoms with E-state index in [1.165, 1.54) is 22.9 Å². The molecule has 2 aromatic rings. The summed E-state index contributed by atoms with van der Waals surface area (Å²) in [4.78, 5) is 26.7. The highest BCUT2D eigenvalue weighted by Crippen LogP contribution is 2.12. The molecule has 2 rings (SSSR count). The fourth-order valence-corrected chi connectivity index (χ4v) is 2.08. The number of nitrogens with zero attached hydrogens (tertiary/aromatic N) is 2. The lowest BCUT2D eigenvalue weighted by molar-refractivity contribution is 0.0697. The van der Waals surface area contributed by atoms with E-state index >= 15 is 0 Å². The van der Waals surface area contributed by atoms with Gasteiger partial charge in [-0.3, -0.25) is 9.36 Å². The van der Waals surface area contributed by atoms with Crippen LogP contribution in [0.2, 0.25) is 0 Å². The van der Waals surface area contributed by atoms with Crippen molar-refractivity contribution in [2.75, 3.05) is 6.61 Å². The maximum Gasteiger partial charge on any atom is 0.335 e. The molecule has 7 heteroatoms. The van der Waals surface area contributed by atoms with Crippen LogP contribution < -0.4 is 10.3 Å². The Labute approximate surface area is 129 Å². The molecular weight excluding hydrogens is 340 g/mol. The zero-order valence-electron chi connectivity index (χ0n) is 11.2. The van der Waals surface area contributed by atoms with E-state index in [1.54, 1.807) is 19.1 Å². The first kappa shape index (κ1) is 15.2. The van der Waals surface area contributed by atoms with Gasteiger partial charge in [-0.15, -0.1) is 0 Å². The second-order valence-corrected chi connectivity index (χ2v) is 5.14. The molecule has 0 atom stereocenters. The highest BCUT2D eigenvalue weighted by Gasteiger charge is 2.06. The number of rotatable bonds is 5. The standard InChI is InChI=1S/C14H13BrN2O4/c1-9-16-8-12(15)13(18)17(9)6-7-21-11-4-2-10(3-5-11)14(19)20/h2-5,8H,6-7H2,1H3,(H,19,20). The second-order valence-electron chi connectivity index (χ2n) is 4.29. The number of benzene rings is 1. The number of halogens is 1. The smallest absolute Gasteiger partial charge is 0.335 e. The summed E-state index contributed by atoms with van der Waals surface area (Å²) >= 11 is 3.15. The Bertz CT molecular complexity index is 710. The molecule has 21 heavy (non-hydrogen) atoms. The third-order valence-electron chi connectivity index (χ3n) is 2.89. The molecule has 1 N–H and O–H groups in total. The van der Waals surface area contributed by atoms with Crippen molar-refractivity contribution in [1.82, 2.24) is 9.55 Å². The topological polar surface area (TPSA) is 81.4 Å². The third-order valence-corrected chi connectivity index (χ3v) is 3.43. The van der Waals surface area contributed by atoms with E-state index in [0.29, 0.717) is 22.6 Å². The number of aromatic carboxylic acids is 1. The van der Waals surface area contributed by atoms with E-state index < -0.39 is 5.97 Å².